The van der Waals surface area contributed by atoms with Gasteiger partial charge in [-0.3, -0.25) is 9.78 Å². The minimum absolute atomic E-state index is 0.0946. The lowest BCUT2D eigenvalue weighted by Crippen LogP contribution is -2.35. The van der Waals surface area contributed by atoms with E-state index >= 15 is 0 Å². The predicted molar refractivity (Wildman–Crippen MR) is 76.7 cm³/mol. The maximum atomic E-state index is 12.3. The molecule has 0 spiro atoms. The summed E-state index contributed by atoms with van der Waals surface area (Å²) in [6.07, 6.45) is 5.31. The van der Waals surface area contributed by atoms with E-state index in [1.165, 1.54) is 6.20 Å². The molecule has 1 unspecified atom stereocenters. The predicted octanol–water partition coefficient (Wildman–Crippen LogP) is 1.41. The van der Waals surface area contributed by atoms with E-state index in [0.717, 1.165) is 32.6 Å². The first kappa shape index (κ1) is 14.7. The fourth-order valence-electron chi connectivity index (χ4n) is 2.35. The van der Waals surface area contributed by atoms with Gasteiger partial charge in [-0.1, -0.05) is 0 Å². The van der Waals surface area contributed by atoms with E-state index in [9.17, 15) is 4.79 Å². The number of amides is 1. The lowest BCUT2D eigenvalue weighted by atomic mass is 10.0. The fourth-order valence-corrected chi connectivity index (χ4v) is 2.35. The Labute approximate surface area is 119 Å². The van der Waals surface area contributed by atoms with Crippen molar-refractivity contribution in [1.82, 2.24) is 14.9 Å². The van der Waals surface area contributed by atoms with Crippen molar-refractivity contribution in [1.29, 1.82) is 0 Å². The van der Waals surface area contributed by atoms with Gasteiger partial charge >= 0.3 is 0 Å². The van der Waals surface area contributed by atoms with E-state index in [1.54, 1.807) is 18.1 Å². The van der Waals surface area contributed by atoms with Crippen LogP contribution in [0.25, 0.3) is 0 Å². The van der Waals surface area contributed by atoms with Gasteiger partial charge in [0.05, 0.1) is 19.0 Å². The van der Waals surface area contributed by atoms with Gasteiger partial charge in [0.15, 0.2) is 0 Å². The summed E-state index contributed by atoms with van der Waals surface area (Å²) in [4.78, 5) is 22.4. The van der Waals surface area contributed by atoms with Gasteiger partial charge in [-0.2, -0.15) is 0 Å². The molecule has 1 saturated heterocycles. The highest BCUT2D eigenvalue weighted by atomic mass is 16.5. The van der Waals surface area contributed by atoms with E-state index in [0.29, 0.717) is 24.0 Å². The van der Waals surface area contributed by atoms with Crippen LogP contribution in [0.4, 0.5) is 5.82 Å². The molecule has 1 aromatic heterocycles. The highest BCUT2D eigenvalue weighted by Gasteiger charge is 2.20. The summed E-state index contributed by atoms with van der Waals surface area (Å²) in [6.45, 7) is 5.00. The maximum Gasteiger partial charge on any atom is 0.273 e. The normalized spacial score (nSPS) is 18.6. The molecule has 0 saturated carbocycles. The number of hydrogen-bond donors (Lipinski definition) is 1. The highest BCUT2D eigenvalue weighted by molar-refractivity contribution is 5.92. The summed E-state index contributed by atoms with van der Waals surface area (Å²) >= 11 is 0. The number of nitrogens with one attached hydrogen (secondary N) is 1. The molecule has 6 nitrogen and oxygen atoms in total. The summed E-state index contributed by atoms with van der Waals surface area (Å²) in [5.74, 6) is 0.957. The van der Waals surface area contributed by atoms with E-state index in [1.807, 2.05) is 6.92 Å². The zero-order valence-corrected chi connectivity index (χ0v) is 12.1. The Bertz CT molecular complexity index is 447. The second-order valence-corrected chi connectivity index (χ2v) is 5.09. The van der Waals surface area contributed by atoms with Gasteiger partial charge in [0.25, 0.3) is 5.91 Å². The molecule has 1 aromatic rings. The molecule has 2 heterocycles. The lowest BCUT2D eigenvalue weighted by Gasteiger charge is -2.26. The summed E-state index contributed by atoms with van der Waals surface area (Å²) in [7, 11) is 1.80. The number of carbonyl (C=O) groups excluding carboxylic acids is 1. The molecule has 1 aliphatic rings. The monoisotopic (exact) mass is 278 g/mol. The fraction of sp³-hybridized carbons (Fsp3) is 0.643. The first-order valence-corrected chi connectivity index (χ1v) is 7.09. The van der Waals surface area contributed by atoms with Crippen LogP contribution in [-0.4, -0.2) is 54.1 Å². The van der Waals surface area contributed by atoms with Crippen LogP contribution >= 0.6 is 0 Å². The Hall–Kier alpha value is -1.69. The number of anilines is 1. The summed E-state index contributed by atoms with van der Waals surface area (Å²) in [6, 6.07) is 0. The Morgan fingerprint density at radius 1 is 1.55 bits per heavy atom. The summed E-state index contributed by atoms with van der Waals surface area (Å²) in [5, 5.41) is 3.06. The van der Waals surface area contributed by atoms with Crippen molar-refractivity contribution in [3.8, 4) is 0 Å². The number of carbonyl (C=O) groups is 1. The van der Waals surface area contributed by atoms with E-state index in [2.05, 4.69) is 15.3 Å². The third kappa shape index (κ3) is 3.90. The number of nitrogens with zero attached hydrogens (tertiary/aromatic N) is 3. The SMILES string of the molecule is CCNc1cncc(C(=O)N(C)CC2CCCOC2)n1. The largest absolute Gasteiger partial charge is 0.381 e. The molecule has 1 fully saturated rings. The standard InChI is InChI=1S/C14H22N4O2/c1-3-16-13-8-15-7-12(17-13)14(19)18(2)9-11-5-4-6-20-10-11/h7-8,11H,3-6,9-10H2,1-2H3,(H,16,17). The quantitative estimate of drug-likeness (QED) is 0.882. The second kappa shape index (κ2) is 7.19. The molecule has 20 heavy (non-hydrogen) atoms. The minimum Gasteiger partial charge on any atom is -0.381 e. The van der Waals surface area contributed by atoms with Crippen LogP contribution in [0.3, 0.4) is 0 Å². The van der Waals surface area contributed by atoms with Crippen molar-refractivity contribution >= 4 is 11.7 Å². The molecule has 1 aliphatic heterocycles. The van der Waals surface area contributed by atoms with Gasteiger partial charge in [-0.25, -0.2) is 4.98 Å². The van der Waals surface area contributed by atoms with E-state index < -0.39 is 0 Å². The van der Waals surface area contributed by atoms with Crippen LogP contribution in [0.2, 0.25) is 0 Å². The average Bonchev–Trinajstić information content (AvgIpc) is 2.48. The minimum atomic E-state index is -0.0946. The highest BCUT2D eigenvalue weighted by Crippen LogP contribution is 2.15. The van der Waals surface area contributed by atoms with Gasteiger partial charge in [-0.15, -0.1) is 0 Å². The van der Waals surface area contributed by atoms with Crippen LogP contribution in [0, 0.1) is 5.92 Å². The number of rotatable bonds is 5. The van der Waals surface area contributed by atoms with Crippen molar-refractivity contribution in [2.75, 3.05) is 38.7 Å². The van der Waals surface area contributed by atoms with Crippen LogP contribution in [0.15, 0.2) is 12.4 Å². The smallest absolute Gasteiger partial charge is 0.273 e. The molecular weight excluding hydrogens is 256 g/mol. The van der Waals surface area contributed by atoms with Crippen LogP contribution in [0.1, 0.15) is 30.3 Å². The Balaban J connectivity index is 1.96. The molecule has 1 atom stereocenters. The number of aromatic nitrogens is 2. The van der Waals surface area contributed by atoms with Crippen LogP contribution in [0.5, 0.6) is 0 Å². The molecule has 110 valence electrons. The average molecular weight is 278 g/mol. The molecule has 1 amide bonds. The third-order valence-corrected chi connectivity index (χ3v) is 3.34. The molecule has 2 rings (SSSR count). The Morgan fingerprint density at radius 2 is 2.40 bits per heavy atom. The Morgan fingerprint density at radius 3 is 3.10 bits per heavy atom. The van der Waals surface area contributed by atoms with Crippen molar-refractivity contribution in [2.45, 2.75) is 19.8 Å². The van der Waals surface area contributed by atoms with Crippen LogP contribution in [-0.2, 0) is 4.74 Å². The summed E-state index contributed by atoms with van der Waals surface area (Å²) < 4.78 is 5.44. The molecule has 0 aromatic carbocycles. The molecule has 1 N–H and O–H groups in total. The number of ether oxygens (including phenoxy) is 1. The van der Waals surface area contributed by atoms with E-state index in [-0.39, 0.29) is 5.91 Å². The molecular formula is C14H22N4O2. The first-order chi connectivity index (χ1) is 9.70. The zero-order valence-electron chi connectivity index (χ0n) is 12.1. The third-order valence-electron chi connectivity index (χ3n) is 3.34. The molecule has 0 aliphatic carbocycles. The van der Waals surface area contributed by atoms with Crippen molar-refractivity contribution in [3.05, 3.63) is 18.1 Å². The molecule has 0 radical (unpaired) electrons. The van der Waals surface area contributed by atoms with Crippen molar-refractivity contribution < 1.29 is 9.53 Å². The van der Waals surface area contributed by atoms with Gasteiger partial charge in [0.2, 0.25) is 0 Å². The number of hydrogen-bond acceptors (Lipinski definition) is 5. The molecule has 6 heteroatoms. The Kier molecular flexibility index (Phi) is 5.29. The molecule has 0 bridgehead atoms. The van der Waals surface area contributed by atoms with E-state index in [4.69, 9.17) is 4.74 Å². The maximum absolute atomic E-state index is 12.3. The van der Waals surface area contributed by atoms with Crippen molar-refractivity contribution in [2.24, 2.45) is 5.92 Å². The van der Waals surface area contributed by atoms with Gasteiger partial charge in [0, 0.05) is 26.7 Å². The van der Waals surface area contributed by atoms with Gasteiger partial charge in [0.1, 0.15) is 11.5 Å². The zero-order chi connectivity index (χ0) is 14.4. The van der Waals surface area contributed by atoms with Crippen molar-refractivity contribution in [3.63, 3.8) is 0 Å². The summed E-state index contributed by atoms with van der Waals surface area (Å²) in [5.41, 5.74) is 0.377. The topological polar surface area (TPSA) is 67.4 Å². The lowest BCUT2D eigenvalue weighted by molar-refractivity contribution is 0.0386. The van der Waals surface area contributed by atoms with Gasteiger partial charge < -0.3 is 15.0 Å². The first-order valence-electron chi connectivity index (χ1n) is 7.09. The van der Waals surface area contributed by atoms with Crippen LogP contribution < -0.4 is 5.32 Å². The van der Waals surface area contributed by atoms with Gasteiger partial charge in [-0.05, 0) is 25.7 Å². The second-order valence-electron chi connectivity index (χ2n) is 5.09.